The highest BCUT2D eigenvalue weighted by atomic mass is 32.1. The van der Waals surface area contributed by atoms with Crippen molar-refractivity contribution in [1.29, 1.82) is 0 Å². The van der Waals surface area contributed by atoms with Gasteiger partial charge in [-0.1, -0.05) is 48.5 Å². The molecule has 0 amide bonds. The van der Waals surface area contributed by atoms with Gasteiger partial charge in [0.2, 0.25) is 5.85 Å². The van der Waals surface area contributed by atoms with Crippen LogP contribution in [0.4, 0.5) is 5.69 Å². The molecule has 1 fully saturated rings. The minimum Gasteiger partial charge on any atom is -0.353 e. The summed E-state index contributed by atoms with van der Waals surface area (Å²) in [7, 11) is 0. The van der Waals surface area contributed by atoms with Crippen LogP contribution >= 0.6 is 12.2 Å². The fourth-order valence-corrected chi connectivity index (χ4v) is 2.44. The molecule has 2 aromatic rings. The second-order valence-corrected chi connectivity index (χ2v) is 4.65. The number of nitrogens with one attached hydrogen (secondary N) is 2. The predicted octanol–water partition coefficient (Wildman–Crippen LogP) is 1.69. The van der Waals surface area contributed by atoms with Crippen molar-refractivity contribution in [2.24, 2.45) is 0 Å². The van der Waals surface area contributed by atoms with Gasteiger partial charge in [0.05, 0.1) is 0 Å². The molecule has 4 nitrogen and oxygen atoms in total. The molecule has 3 rings (SSSR count). The third-order valence-electron chi connectivity index (χ3n) is 3.06. The Labute approximate surface area is 116 Å². The summed E-state index contributed by atoms with van der Waals surface area (Å²) in [6.45, 7) is 0. The van der Waals surface area contributed by atoms with Crippen molar-refractivity contribution in [3.05, 3.63) is 66.2 Å². The van der Waals surface area contributed by atoms with E-state index in [1.807, 2.05) is 60.7 Å². The van der Waals surface area contributed by atoms with Crippen molar-refractivity contribution in [2.45, 2.75) is 5.85 Å². The lowest BCUT2D eigenvalue weighted by Crippen LogP contribution is -2.50. The summed E-state index contributed by atoms with van der Waals surface area (Å²) in [4.78, 5) is 1.65. The van der Waals surface area contributed by atoms with E-state index < -0.39 is 5.85 Å². The highest BCUT2D eigenvalue weighted by Gasteiger charge is 2.44. The number of hydrazine groups is 1. The third-order valence-corrected chi connectivity index (χ3v) is 3.35. The number of benzene rings is 2. The van der Waals surface area contributed by atoms with Crippen LogP contribution in [0.2, 0.25) is 0 Å². The fraction of sp³-hybridized carbons (Fsp3) is 0.0714. The standard InChI is InChI=1S/C14H13N3OS/c18-14(11-7-3-1-4-8-11)16-15-13(19)17(14)12-9-5-2-6-10-12/h1-10,16,18H,(H,15,19)/t14-/m1/s1. The number of para-hydroxylation sites is 1. The zero-order chi connectivity index (χ0) is 13.3. The first-order chi connectivity index (χ1) is 9.22. The highest BCUT2D eigenvalue weighted by molar-refractivity contribution is 7.80. The molecule has 0 aromatic heterocycles. The van der Waals surface area contributed by atoms with Gasteiger partial charge < -0.3 is 5.11 Å². The first-order valence-corrected chi connectivity index (χ1v) is 6.33. The topological polar surface area (TPSA) is 47.5 Å². The molecule has 0 saturated carbocycles. The van der Waals surface area contributed by atoms with E-state index in [1.165, 1.54) is 0 Å². The van der Waals surface area contributed by atoms with Gasteiger partial charge in [0.25, 0.3) is 0 Å². The third kappa shape index (κ3) is 1.98. The zero-order valence-corrected chi connectivity index (χ0v) is 10.9. The van der Waals surface area contributed by atoms with Gasteiger partial charge in [0, 0.05) is 11.3 Å². The molecule has 5 heteroatoms. The molecule has 1 saturated heterocycles. The number of anilines is 1. The number of hydrogen-bond acceptors (Lipinski definition) is 3. The maximum absolute atomic E-state index is 10.9. The lowest BCUT2D eigenvalue weighted by Gasteiger charge is -2.32. The molecule has 1 aliphatic rings. The van der Waals surface area contributed by atoms with Crippen LogP contribution in [0.15, 0.2) is 60.7 Å². The summed E-state index contributed by atoms with van der Waals surface area (Å²) in [5, 5.41) is 11.3. The Morgan fingerprint density at radius 1 is 0.947 bits per heavy atom. The molecule has 0 radical (unpaired) electrons. The molecule has 96 valence electrons. The quantitative estimate of drug-likeness (QED) is 0.726. The SMILES string of the molecule is O[C@]1(c2ccccc2)NNC(=S)N1c1ccccc1. The number of aliphatic hydroxyl groups is 1. The van der Waals surface area contributed by atoms with Crippen molar-refractivity contribution in [3.63, 3.8) is 0 Å². The van der Waals surface area contributed by atoms with E-state index in [-0.39, 0.29) is 0 Å². The Morgan fingerprint density at radius 3 is 2.16 bits per heavy atom. The monoisotopic (exact) mass is 271 g/mol. The lowest BCUT2D eigenvalue weighted by molar-refractivity contribution is 0.0188. The lowest BCUT2D eigenvalue weighted by atomic mass is 10.1. The average Bonchev–Trinajstić information content (AvgIpc) is 2.78. The van der Waals surface area contributed by atoms with Crippen LogP contribution in [0.3, 0.4) is 0 Å². The van der Waals surface area contributed by atoms with E-state index in [0.29, 0.717) is 10.7 Å². The second kappa shape index (κ2) is 4.62. The Kier molecular flexibility index (Phi) is 2.94. The molecule has 3 N–H and O–H groups in total. The summed E-state index contributed by atoms with van der Waals surface area (Å²) in [6.07, 6.45) is 0. The Hall–Kier alpha value is -1.95. The predicted molar refractivity (Wildman–Crippen MR) is 78.1 cm³/mol. The molecule has 0 aliphatic carbocycles. The van der Waals surface area contributed by atoms with Gasteiger partial charge in [-0.3, -0.25) is 10.3 Å². The van der Waals surface area contributed by atoms with E-state index in [1.54, 1.807) is 4.90 Å². The summed E-state index contributed by atoms with van der Waals surface area (Å²) in [5.74, 6) is -1.39. The molecule has 1 aliphatic heterocycles. The largest absolute Gasteiger partial charge is 0.353 e. The molecule has 2 aromatic carbocycles. The van der Waals surface area contributed by atoms with E-state index >= 15 is 0 Å². The van der Waals surface area contributed by atoms with E-state index in [9.17, 15) is 5.11 Å². The number of thiocarbonyl (C=S) groups is 1. The van der Waals surface area contributed by atoms with Crippen LogP contribution in [0.1, 0.15) is 5.56 Å². The highest BCUT2D eigenvalue weighted by Crippen LogP contribution is 2.31. The summed E-state index contributed by atoms with van der Waals surface area (Å²) < 4.78 is 0. The first-order valence-electron chi connectivity index (χ1n) is 5.92. The van der Waals surface area contributed by atoms with Gasteiger partial charge in [-0.05, 0) is 24.4 Å². The number of hydrogen-bond donors (Lipinski definition) is 3. The van der Waals surface area contributed by atoms with Crippen LogP contribution in [0, 0.1) is 0 Å². The van der Waals surface area contributed by atoms with Crippen LogP contribution in [0.25, 0.3) is 0 Å². The summed E-state index contributed by atoms with van der Waals surface area (Å²) in [6, 6.07) is 18.9. The maximum Gasteiger partial charge on any atom is 0.246 e. The first kappa shape index (κ1) is 12.1. The maximum atomic E-state index is 10.9. The van der Waals surface area contributed by atoms with Crippen LogP contribution in [-0.2, 0) is 5.85 Å². The molecular formula is C14H13N3OS. The van der Waals surface area contributed by atoms with Gasteiger partial charge in [0.1, 0.15) is 0 Å². The zero-order valence-electron chi connectivity index (χ0n) is 10.1. The smallest absolute Gasteiger partial charge is 0.246 e. The van der Waals surface area contributed by atoms with Gasteiger partial charge in [-0.25, -0.2) is 0 Å². The number of nitrogens with zero attached hydrogens (tertiary/aromatic N) is 1. The molecule has 1 heterocycles. The van der Waals surface area contributed by atoms with E-state index in [4.69, 9.17) is 12.2 Å². The molecule has 0 unspecified atom stereocenters. The second-order valence-electron chi connectivity index (χ2n) is 4.26. The van der Waals surface area contributed by atoms with Crippen LogP contribution < -0.4 is 15.8 Å². The van der Waals surface area contributed by atoms with Gasteiger partial charge in [-0.15, -0.1) is 0 Å². The fourth-order valence-electron chi connectivity index (χ4n) is 2.15. The molecular weight excluding hydrogens is 258 g/mol. The van der Waals surface area contributed by atoms with Gasteiger partial charge >= 0.3 is 0 Å². The minimum atomic E-state index is -1.39. The Bertz CT molecular complexity index is 590. The average molecular weight is 271 g/mol. The molecule has 19 heavy (non-hydrogen) atoms. The van der Waals surface area contributed by atoms with Crippen molar-refractivity contribution < 1.29 is 5.11 Å². The molecule has 1 atom stereocenters. The minimum absolute atomic E-state index is 0.428. The van der Waals surface area contributed by atoms with Crippen molar-refractivity contribution in [2.75, 3.05) is 4.90 Å². The van der Waals surface area contributed by atoms with Crippen molar-refractivity contribution >= 4 is 23.0 Å². The van der Waals surface area contributed by atoms with E-state index in [2.05, 4.69) is 10.9 Å². The summed E-state index contributed by atoms with van der Waals surface area (Å²) in [5.41, 5.74) is 7.18. The summed E-state index contributed by atoms with van der Waals surface area (Å²) >= 11 is 5.26. The molecule has 0 bridgehead atoms. The van der Waals surface area contributed by atoms with Gasteiger partial charge in [0.15, 0.2) is 5.11 Å². The normalized spacial score (nSPS) is 22.4. The Balaban J connectivity index is 2.08. The van der Waals surface area contributed by atoms with Gasteiger partial charge in [-0.2, -0.15) is 5.43 Å². The Morgan fingerprint density at radius 2 is 1.53 bits per heavy atom. The van der Waals surface area contributed by atoms with E-state index in [0.717, 1.165) is 5.69 Å². The van der Waals surface area contributed by atoms with Crippen molar-refractivity contribution in [3.8, 4) is 0 Å². The van der Waals surface area contributed by atoms with Crippen LogP contribution in [-0.4, -0.2) is 10.2 Å². The number of rotatable bonds is 2. The molecule has 0 spiro atoms. The van der Waals surface area contributed by atoms with Crippen LogP contribution in [0.5, 0.6) is 0 Å². The van der Waals surface area contributed by atoms with Crippen molar-refractivity contribution in [1.82, 2.24) is 10.9 Å².